The number of hydrogen-bond donors (Lipinski definition) is 1. The van der Waals surface area contributed by atoms with Gasteiger partial charge in [-0.2, -0.15) is 8.42 Å². The minimum atomic E-state index is -4.22. The lowest BCUT2D eigenvalue weighted by Gasteiger charge is -2.09. The van der Waals surface area contributed by atoms with Crippen LogP contribution in [0.3, 0.4) is 0 Å². The lowest BCUT2D eigenvalue weighted by Crippen LogP contribution is -1.99. The molecule has 0 aliphatic heterocycles. The van der Waals surface area contributed by atoms with Crippen LogP contribution in [0.25, 0.3) is 21.5 Å². The second-order valence-electron chi connectivity index (χ2n) is 5.10. The first kappa shape index (κ1) is 13.1. The van der Waals surface area contributed by atoms with Crippen LogP contribution in [0.2, 0.25) is 0 Å². The quantitative estimate of drug-likeness (QED) is 0.546. The Balaban J connectivity index is 2.53. The van der Waals surface area contributed by atoms with E-state index in [4.69, 9.17) is 0 Å². The summed E-state index contributed by atoms with van der Waals surface area (Å²) in [6.07, 6.45) is 0. The Morgan fingerprint density at radius 2 is 1.55 bits per heavy atom. The molecular formula is C16H14O3S. The van der Waals surface area contributed by atoms with E-state index in [-0.39, 0.29) is 4.90 Å². The van der Waals surface area contributed by atoms with Gasteiger partial charge in [-0.05, 0) is 53.8 Å². The third kappa shape index (κ3) is 2.07. The maximum absolute atomic E-state index is 11.5. The first-order valence-electron chi connectivity index (χ1n) is 6.27. The van der Waals surface area contributed by atoms with Crippen LogP contribution in [0.15, 0.2) is 47.4 Å². The van der Waals surface area contributed by atoms with Gasteiger partial charge in [0.25, 0.3) is 10.1 Å². The van der Waals surface area contributed by atoms with Crippen LogP contribution in [0, 0.1) is 13.8 Å². The molecule has 0 fully saturated rings. The van der Waals surface area contributed by atoms with Crippen molar-refractivity contribution in [3.05, 3.63) is 53.6 Å². The van der Waals surface area contributed by atoms with Crippen LogP contribution in [0.1, 0.15) is 11.1 Å². The summed E-state index contributed by atoms with van der Waals surface area (Å²) in [6.45, 7) is 3.95. The minimum absolute atomic E-state index is 0.0411. The zero-order valence-corrected chi connectivity index (χ0v) is 12.0. The van der Waals surface area contributed by atoms with Gasteiger partial charge < -0.3 is 0 Å². The van der Waals surface area contributed by atoms with E-state index in [2.05, 4.69) is 6.07 Å². The normalized spacial score (nSPS) is 12.2. The van der Waals surface area contributed by atoms with Gasteiger partial charge in [0.1, 0.15) is 4.90 Å². The highest BCUT2D eigenvalue weighted by Gasteiger charge is 2.15. The van der Waals surface area contributed by atoms with Crippen molar-refractivity contribution in [2.45, 2.75) is 18.7 Å². The highest BCUT2D eigenvalue weighted by atomic mass is 32.2. The lowest BCUT2D eigenvalue weighted by molar-refractivity contribution is 0.484. The summed E-state index contributed by atoms with van der Waals surface area (Å²) in [6, 6.07) is 13.0. The van der Waals surface area contributed by atoms with Gasteiger partial charge >= 0.3 is 0 Å². The summed E-state index contributed by atoms with van der Waals surface area (Å²) in [4.78, 5) is -0.0411. The maximum Gasteiger partial charge on any atom is 0.295 e. The molecule has 0 saturated heterocycles. The molecule has 3 aromatic rings. The van der Waals surface area contributed by atoms with Crippen molar-refractivity contribution in [2.75, 3.05) is 0 Å². The summed E-state index contributed by atoms with van der Waals surface area (Å²) >= 11 is 0. The number of benzene rings is 3. The fourth-order valence-corrected chi connectivity index (χ4v) is 3.24. The Kier molecular flexibility index (Phi) is 2.81. The van der Waals surface area contributed by atoms with Crippen LogP contribution in [-0.2, 0) is 10.1 Å². The molecule has 0 unspecified atom stereocenters. The molecule has 0 radical (unpaired) electrons. The predicted molar refractivity (Wildman–Crippen MR) is 80.7 cm³/mol. The molecule has 3 nitrogen and oxygen atoms in total. The zero-order valence-electron chi connectivity index (χ0n) is 11.2. The van der Waals surface area contributed by atoms with E-state index in [0.29, 0.717) is 5.39 Å². The zero-order chi connectivity index (χ0) is 14.5. The molecule has 3 aromatic carbocycles. The van der Waals surface area contributed by atoms with E-state index in [9.17, 15) is 13.0 Å². The van der Waals surface area contributed by atoms with Gasteiger partial charge in [0.15, 0.2) is 0 Å². The van der Waals surface area contributed by atoms with Crippen molar-refractivity contribution in [1.82, 2.24) is 0 Å². The molecule has 0 spiro atoms. The highest BCUT2D eigenvalue weighted by Crippen LogP contribution is 2.30. The fourth-order valence-electron chi connectivity index (χ4n) is 2.55. The summed E-state index contributed by atoms with van der Waals surface area (Å²) in [5, 5.41) is 3.42. The molecule has 20 heavy (non-hydrogen) atoms. The van der Waals surface area contributed by atoms with Crippen LogP contribution in [-0.4, -0.2) is 13.0 Å². The van der Waals surface area contributed by atoms with E-state index in [1.54, 1.807) is 6.07 Å². The smallest absolute Gasteiger partial charge is 0.282 e. The number of aryl methyl sites for hydroxylation is 2. The Morgan fingerprint density at radius 1 is 0.850 bits per heavy atom. The molecule has 0 aromatic heterocycles. The largest absolute Gasteiger partial charge is 0.295 e. The van der Waals surface area contributed by atoms with E-state index < -0.39 is 10.1 Å². The fraction of sp³-hybridized carbons (Fsp3) is 0.125. The SMILES string of the molecule is Cc1ccc2cc3c(S(=O)(=O)O)ccc(C)c3cc2c1. The average Bonchev–Trinajstić information content (AvgIpc) is 2.36. The Morgan fingerprint density at radius 3 is 2.25 bits per heavy atom. The van der Waals surface area contributed by atoms with Crippen molar-refractivity contribution >= 4 is 31.7 Å². The molecule has 3 rings (SSSR count). The van der Waals surface area contributed by atoms with Gasteiger partial charge in [-0.1, -0.05) is 29.8 Å². The molecule has 0 saturated carbocycles. The van der Waals surface area contributed by atoms with Gasteiger partial charge in [0, 0.05) is 5.39 Å². The van der Waals surface area contributed by atoms with E-state index in [0.717, 1.165) is 27.3 Å². The molecule has 0 atom stereocenters. The number of fused-ring (bicyclic) bond motifs is 2. The molecule has 1 N–H and O–H groups in total. The van der Waals surface area contributed by atoms with Gasteiger partial charge in [-0.15, -0.1) is 0 Å². The average molecular weight is 286 g/mol. The standard InChI is InChI=1S/C16H14O3S/c1-10-3-5-12-8-15-14(9-13(12)7-10)11(2)4-6-16(15)20(17,18)19/h3-9H,1-2H3,(H,17,18,19). The first-order chi connectivity index (χ1) is 9.36. The van der Waals surface area contributed by atoms with Gasteiger partial charge in [0.2, 0.25) is 0 Å². The summed E-state index contributed by atoms with van der Waals surface area (Å²) < 4.78 is 32.4. The molecular weight excluding hydrogens is 272 g/mol. The van der Waals surface area contributed by atoms with Crippen molar-refractivity contribution in [2.24, 2.45) is 0 Å². The van der Waals surface area contributed by atoms with E-state index >= 15 is 0 Å². The third-order valence-electron chi connectivity index (χ3n) is 3.59. The number of hydrogen-bond acceptors (Lipinski definition) is 2. The summed E-state index contributed by atoms with van der Waals surface area (Å²) in [7, 11) is -4.22. The second-order valence-corrected chi connectivity index (χ2v) is 6.49. The van der Waals surface area contributed by atoms with Gasteiger partial charge in [-0.25, -0.2) is 0 Å². The van der Waals surface area contributed by atoms with Crippen molar-refractivity contribution < 1.29 is 13.0 Å². The maximum atomic E-state index is 11.5. The minimum Gasteiger partial charge on any atom is -0.282 e. The van der Waals surface area contributed by atoms with E-state index in [1.165, 1.54) is 6.07 Å². The summed E-state index contributed by atoms with van der Waals surface area (Å²) in [5.74, 6) is 0. The molecule has 0 aliphatic rings. The number of rotatable bonds is 1. The van der Waals surface area contributed by atoms with Gasteiger partial charge in [-0.3, -0.25) is 4.55 Å². The van der Waals surface area contributed by atoms with E-state index in [1.807, 2.05) is 38.1 Å². The van der Waals surface area contributed by atoms with Crippen LogP contribution >= 0.6 is 0 Å². The lowest BCUT2D eigenvalue weighted by atomic mass is 9.99. The monoisotopic (exact) mass is 286 g/mol. The molecule has 0 bridgehead atoms. The molecule has 102 valence electrons. The topological polar surface area (TPSA) is 54.4 Å². The molecule has 0 aliphatic carbocycles. The van der Waals surface area contributed by atoms with Crippen molar-refractivity contribution in [3.8, 4) is 0 Å². The van der Waals surface area contributed by atoms with Crippen LogP contribution < -0.4 is 0 Å². The second kappa shape index (κ2) is 4.30. The predicted octanol–water partition coefficient (Wildman–Crippen LogP) is 3.86. The highest BCUT2D eigenvalue weighted by molar-refractivity contribution is 7.86. The van der Waals surface area contributed by atoms with Gasteiger partial charge in [0.05, 0.1) is 0 Å². The Hall–Kier alpha value is -1.91. The third-order valence-corrected chi connectivity index (χ3v) is 4.50. The van der Waals surface area contributed by atoms with Crippen LogP contribution in [0.5, 0.6) is 0 Å². The molecule has 4 heteroatoms. The first-order valence-corrected chi connectivity index (χ1v) is 7.71. The molecule has 0 amide bonds. The Bertz CT molecular complexity index is 941. The van der Waals surface area contributed by atoms with Crippen molar-refractivity contribution in [1.29, 1.82) is 0 Å². The summed E-state index contributed by atoms with van der Waals surface area (Å²) in [5.41, 5.74) is 2.14. The molecule has 0 heterocycles. The van der Waals surface area contributed by atoms with Crippen molar-refractivity contribution in [3.63, 3.8) is 0 Å². The van der Waals surface area contributed by atoms with Crippen LogP contribution in [0.4, 0.5) is 0 Å². The Labute approximate surface area is 117 Å².